The predicted octanol–water partition coefficient (Wildman–Crippen LogP) is 2.23. The summed E-state index contributed by atoms with van der Waals surface area (Å²) < 4.78 is 1.44. The number of carboxylic acids is 1. The average molecular weight is 280 g/mol. The van der Waals surface area contributed by atoms with Gasteiger partial charge in [0, 0.05) is 12.7 Å². The number of carbonyl (C=O) groups is 2. The van der Waals surface area contributed by atoms with Crippen molar-refractivity contribution in [2.24, 2.45) is 17.8 Å². The first kappa shape index (κ1) is 16.3. The fraction of sp³-hybridized carbons (Fsp3) is 0.600. The molecule has 0 saturated heterocycles. The second kappa shape index (κ2) is 7.12. The van der Waals surface area contributed by atoms with E-state index < -0.39 is 5.97 Å². The molecule has 0 aliphatic heterocycles. The van der Waals surface area contributed by atoms with Crippen LogP contribution in [0.3, 0.4) is 0 Å². The van der Waals surface area contributed by atoms with Gasteiger partial charge in [-0.1, -0.05) is 27.7 Å². The van der Waals surface area contributed by atoms with E-state index in [1.54, 1.807) is 12.3 Å². The number of aromatic nitrogens is 1. The maximum Gasteiger partial charge on any atom is 0.352 e. The minimum atomic E-state index is -1.02. The van der Waals surface area contributed by atoms with Gasteiger partial charge in [-0.15, -0.1) is 0 Å². The number of hydrogen-bond acceptors (Lipinski definition) is 2. The molecule has 2 N–H and O–H groups in total. The first-order valence-corrected chi connectivity index (χ1v) is 6.98. The quantitative estimate of drug-likeness (QED) is 0.804. The molecule has 0 aliphatic carbocycles. The molecule has 1 aromatic heterocycles. The van der Waals surface area contributed by atoms with Crippen molar-refractivity contribution in [3.05, 3.63) is 24.0 Å². The van der Waals surface area contributed by atoms with E-state index in [1.165, 1.54) is 10.6 Å². The largest absolute Gasteiger partial charge is 0.477 e. The summed E-state index contributed by atoms with van der Waals surface area (Å²) in [6, 6.07) is 3.11. The Balaban J connectivity index is 2.55. The van der Waals surface area contributed by atoms with Gasteiger partial charge in [0.15, 0.2) is 0 Å². The number of aromatic carboxylic acids is 1. The molecule has 0 saturated carbocycles. The maximum atomic E-state index is 11.9. The van der Waals surface area contributed by atoms with Gasteiger partial charge < -0.3 is 15.0 Å². The summed E-state index contributed by atoms with van der Waals surface area (Å²) in [4.78, 5) is 22.9. The molecule has 0 spiro atoms. The van der Waals surface area contributed by atoms with Crippen molar-refractivity contribution in [2.75, 3.05) is 6.54 Å². The highest BCUT2D eigenvalue weighted by Gasteiger charge is 2.18. The zero-order valence-corrected chi connectivity index (χ0v) is 12.6. The molecule has 0 aliphatic rings. The lowest BCUT2D eigenvalue weighted by Crippen LogP contribution is -2.36. The standard InChI is InChI=1S/C15H24N2O3/c1-10(2)12(11(3)4)8-16-14(18)9-17-7-5-6-13(17)15(19)20/h5-7,10-12H,8-9H2,1-4H3,(H,16,18)(H,19,20). The highest BCUT2D eigenvalue weighted by Crippen LogP contribution is 2.19. The summed E-state index contributed by atoms with van der Waals surface area (Å²) in [5, 5.41) is 11.9. The van der Waals surface area contributed by atoms with Crippen molar-refractivity contribution in [3.8, 4) is 0 Å². The van der Waals surface area contributed by atoms with E-state index in [0.29, 0.717) is 24.3 Å². The van der Waals surface area contributed by atoms with Gasteiger partial charge in [-0.3, -0.25) is 4.79 Å². The van der Waals surface area contributed by atoms with Gasteiger partial charge in [0.05, 0.1) is 0 Å². The van der Waals surface area contributed by atoms with Crippen molar-refractivity contribution in [3.63, 3.8) is 0 Å². The molecule has 5 nitrogen and oxygen atoms in total. The number of nitrogens with one attached hydrogen (secondary N) is 1. The molecule has 1 rings (SSSR count). The number of carbonyl (C=O) groups excluding carboxylic acids is 1. The van der Waals surface area contributed by atoms with Crippen LogP contribution in [0.1, 0.15) is 38.2 Å². The van der Waals surface area contributed by atoms with Crippen molar-refractivity contribution < 1.29 is 14.7 Å². The van der Waals surface area contributed by atoms with Gasteiger partial charge in [-0.2, -0.15) is 0 Å². The summed E-state index contributed by atoms with van der Waals surface area (Å²) in [5.74, 6) is 0.232. The van der Waals surface area contributed by atoms with E-state index in [1.807, 2.05) is 0 Å². The monoisotopic (exact) mass is 280 g/mol. The lowest BCUT2D eigenvalue weighted by molar-refractivity contribution is -0.122. The van der Waals surface area contributed by atoms with E-state index in [2.05, 4.69) is 33.0 Å². The highest BCUT2D eigenvalue weighted by molar-refractivity contribution is 5.86. The predicted molar refractivity (Wildman–Crippen MR) is 77.6 cm³/mol. The first-order valence-electron chi connectivity index (χ1n) is 6.98. The molecule has 0 atom stereocenters. The molecule has 0 bridgehead atoms. The SMILES string of the molecule is CC(C)C(CNC(=O)Cn1cccc1C(=O)O)C(C)C. The van der Waals surface area contributed by atoms with Gasteiger partial charge in [0.2, 0.25) is 5.91 Å². The van der Waals surface area contributed by atoms with Crippen LogP contribution in [-0.2, 0) is 11.3 Å². The summed E-state index contributed by atoms with van der Waals surface area (Å²) in [5.41, 5.74) is 0.129. The van der Waals surface area contributed by atoms with Crippen molar-refractivity contribution in [1.82, 2.24) is 9.88 Å². The number of amides is 1. The molecule has 1 aromatic rings. The summed E-state index contributed by atoms with van der Waals surface area (Å²) in [6.07, 6.45) is 1.60. The Bertz CT molecular complexity index is 455. The Morgan fingerprint density at radius 2 is 1.85 bits per heavy atom. The minimum absolute atomic E-state index is 0.0392. The summed E-state index contributed by atoms with van der Waals surface area (Å²) in [6.45, 7) is 9.24. The molecular weight excluding hydrogens is 256 g/mol. The van der Waals surface area contributed by atoms with E-state index >= 15 is 0 Å². The van der Waals surface area contributed by atoms with Crippen LogP contribution in [-0.4, -0.2) is 28.1 Å². The third-order valence-corrected chi connectivity index (χ3v) is 3.61. The number of nitrogens with zero attached hydrogens (tertiary/aromatic N) is 1. The fourth-order valence-corrected chi connectivity index (χ4v) is 2.43. The molecule has 0 radical (unpaired) electrons. The van der Waals surface area contributed by atoms with E-state index in [-0.39, 0.29) is 18.1 Å². The van der Waals surface area contributed by atoms with Crippen LogP contribution < -0.4 is 5.32 Å². The molecule has 1 amide bonds. The van der Waals surface area contributed by atoms with Crippen LogP contribution >= 0.6 is 0 Å². The minimum Gasteiger partial charge on any atom is -0.477 e. The number of rotatable bonds is 7. The lowest BCUT2D eigenvalue weighted by atomic mass is 9.85. The summed E-state index contributed by atoms with van der Waals surface area (Å²) >= 11 is 0. The van der Waals surface area contributed by atoms with E-state index in [9.17, 15) is 9.59 Å². The lowest BCUT2D eigenvalue weighted by Gasteiger charge is -2.25. The van der Waals surface area contributed by atoms with Gasteiger partial charge in [-0.05, 0) is 29.9 Å². The Labute approximate surface area is 120 Å². The van der Waals surface area contributed by atoms with Gasteiger partial charge in [0.25, 0.3) is 0 Å². The van der Waals surface area contributed by atoms with E-state index in [0.717, 1.165) is 0 Å². The zero-order valence-electron chi connectivity index (χ0n) is 12.6. The highest BCUT2D eigenvalue weighted by atomic mass is 16.4. The Morgan fingerprint density at radius 1 is 1.25 bits per heavy atom. The molecule has 0 aromatic carbocycles. The average Bonchev–Trinajstić information content (AvgIpc) is 2.76. The molecule has 0 fully saturated rings. The van der Waals surface area contributed by atoms with Crippen LogP contribution in [0, 0.1) is 17.8 Å². The Morgan fingerprint density at radius 3 is 2.35 bits per heavy atom. The topological polar surface area (TPSA) is 71.3 Å². The molecule has 0 unspecified atom stereocenters. The smallest absolute Gasteiger partial charge is 0.352 e. The van der Waals surface area contributed by atoms with Gasteiger partial charge >= 0.3 is 5.97 Å². The first-order chi connectivity index (χ1) is 9.32. The second-order valence-electron chi connectivity index (χ2n) is 5.78. The van der Waals surface area contributed by atoms with Crippen LogP contribution in [0.15, 0.2) is 18.3 Å². The molecular formula is C15H24N2O3. The fourth-order valence-electron chi connectivity index (χ4n) is 2.43. The number of carboxylic acid groups (broad SMARTS) is 1. The van der Waals surface area contributed by atoms with Crippen molar-refractivity contribution in [1.29, 1.82) is 0 Å². The van der Waals surface area contributed by atoms with E-state index in [4.69, 9.17) is 5.11 Å². The van der Waals surface area contributed by atoms with Crippen molar-refractivity contribution in [2.45, 2.75) is 34.2 Å². The second-order valence-corrected chi connectivity index (χ2v) is 5.78. The van der Waals surface area contributed by atoms with Crippen LogP contribution in [0.2, 0.25) is 0 Å². The van der Waals surface area contributed by atoms with Gasteiger partial charge in [0.1, 0.15) is 12.2 Å². The van der Waals surface area contributed by atoms with Crippen LogP contribution in [0.5, 0.6) is 0 Å². The summed E-state index contributed by atoms with van der Waals surface area (Å²) in [7, 11) is 0. The third kappa shape index (κ3) is 4.40. The molecule has 5 heteroatoms. The Hall–Kier alpha value is -1.78. The van der Waals surface area contributed by atoms with Gasteiger partial charge in [-0.25, -0.2) is 4.79 Å². The van der Waals surface area contributed by atoms with Crippen LogP contribution in [0.4, 0.5) is 0 Å². The third-order valence-electron chi connectivity index (χ3n) is 3.61. The molecule has 20 heavy (non-hydrogen) atoms. The normalized spacial score (nSPS) is 11.3. The molecule has 1 heterocycles. The van der Waals surface area contributed by atoms with Crippen molar-refractivity contribution >= 4 is 11.9 Å². The zero-order chi connectivity index (χ0) is 15.3. The maximum absolute atomic E-state index is 11.9. The molecule has 112 valence electrons. The number of hydrogen-bond donors (Lipinski definition) is 2. The van der Waals surface area contributed by atoms with Crippen LogP contribution in [0.25, 0.3) is 0 Å². The Kier molecular flexibility index (Phi) is 5.80.